The Kier molecular flexibility index (Phi) is 4.88. The van der Waals surface area contributed by atoms with Crippen molar-refractivity contribution in [2.45, 2.75) is 38.7 Å². The molecule has 0 aliphatic carbocycles. The lowest BCUT2D eigenvalue weighted by molar-refractivity contribution is 0.182. The molecule has 2 rings (SSSR count). The van der Waals surface area contributed by atoms with Crippen molar-refractivity contribution in [2.24, 2.45) is 0 Å². The summed E-state index contributed by atoms with van der Waals surface area (Å²) < 4.78 is 2.00. The molecule has 2 nitrogen and oxygen atoms in total. The number of rotatable bonds is 3. The summed E-state index contributed by atoms with van der Waals surface area (Å²) in [5.74, 6) is 0. The van der Waals surface area contributed by atoms with E-state index in [9.17, 15) is 5.11 Å². The minimum atomic E-state index is -0.494. The fourth-order valence-corrected chi connectivity index (χ4v) is 4.68. The van der Waals surface area contributed by atoms with E-state index in [4.69, 9.17) is 0 Å². The molecule has 0 spiro atoms. The Balaban J connectivity index is 2.11. The Morgan fingerprint density at radius 2 is 2.05 bits per heavy atom. The standard InChI is InChI=1S/C13H15Br2NOS2/c1-13(2,3)10-6-18-11(16-10)5-8(17)9-4-7(14)12(15)19-9/h4,6,8,17H,5H2,1-3H3. The van der Waals surface area contributed by atoms with Gasteiger partial charge < -0.3 is 5.11 Å². The second-order valence-corrected chi connectivity index (χ2v) is 9.57. The van der Waals surface area contributed by atoms with Crippen molar-refractivity contribution in [1.82, 2.24) is 4.98 Å². The fraction of sp³-hybridized carbons (Fsp3) is 0.462. The van der Waals surface area contributed by atoms with Gasteiger partial charge in [-0.1, -0.05) is 20.8 Å². The minimum Gasteiger partial charge on any atom is -0.387 e. The Bertz CT molecular complexity index is 552. The first-order valence-corrected chi connectivity index (χ1v) is 9.13. The molecule has 0 radical (unpaired) electrons. The van der Waals surface area contributed by atoms with Crippen molar-refractivity contribution >= 4 is 54.5 Å². The molecule has 6 heteroatoms. The average Bonchev–Trinajstić information content (AvgIpc) is 2.86. The minimum absolute atomic E-state index is 0.0642. The van der Waals surface area contributed by atoms with Crippen molar-refractivity contribution in [1.29, 1.82) is 0 Å². The van der Waals surface area contributed by atoms with Crippen molar-refractivity contribution in [3.8, 4) is 0 Å². The first kappa shape index (κ1) is 15.6. The lowest BCUT2D eigenvalue weighted by Crippen LogP contribution is -2.11. The normalized spacial score (nSPS) is 13.8. The van der Waals surface area contributed by atoms with E-state index in [1.807, 2.05) is 6.07 Å². The zero-order chi connectivity index (χ0) is 14.2. The number of aromatic nitrogens is 1. The van der Waals surface area contributed by atoms with Crippen LogP contribution in [0, 0.1) is 0 Å². The van der Waals surface area contributed by atoms with Gasteiger partial charge in [-0.2, -0.15) is 0 Å². The zero-order valence-corrected chi connectivity index (χ0v) is 15.7. The van der Waals surface area contributed by atoms with Gasteiger partial charge in [0.25, 0.3) is 0 Å². The molecule has 1 unspecified atom stereocenters. The predicted molar refractivity (Wildman–Crippen MR) is 89.2 cm³/mol. The highest BCUT2D eigenvalue weighted by Gasteiger charge is 2.20. The second kappa shape index (κ2) is 5.93. The van der Waals surface area contributed by atoms with Crippen LogP contribution in [0.1, 0.15) is 42.5 Å². The van der Waals surface area contributed by atoms with E-state index in [2.05, 4.69) is 63.0 Å². The molecule has 1 N–H and O–H groups in total. The predicted octanol–water partition coefficient (Wildman–Crippen LogP) is 5.30. The Labute approximate surface area is 138 Å². The molecule has 0 aliphatic rings. The van der Waals surface area contributed by atoms with Gasteiger partial charge in [-0.25, -0.2) is 4.98 Å². The molecule has 0 fully saturated rings. The number of aliphatic hydroxyl groups excluding tert-OH is 1. The second-order valence-electron chi connectivity index (χ2n) is 5.37. The number of hydrogen-bond acceptors (Lipinski definition) is 4. The molecule has 0 aliphatic heterocycles. The fourth-order valence-electron chi connectivity index (χ4n) is 1.54. The van der Waals surface area contributed by atoms with Crippen LogP contribution in [0.4, 0.5) is 0 Å². The van der Waals surface area contributed by atoms with Crippen LogP contribution >= 0.6 is 54.5 Å². The van der Waals surface area contributed by atoms with Crippen molar-refractivity contribution in [3.05, 3.63) is 35.3 Å². The SMILES string of the molecule is CC(C)(C)c1csc(CC(O)c2cc(Br)c(Br)s2)n1. The molecule has 0 amide bonds. The Morgan fingerprint density at radius 3 is 2.53 bits per heavy atom. The van der Waals surface area contributed by atoms with E-state index < -0.39 is 6.10 Å². The van der Waals surface area contributed by atoms with Crippen LogP contribution in [0.15, 0.2) is 19.7 Å². The van der Waals surface area contributed by atoms with E-state index in [1.54, 1.807) is 22.7 Å². The smallest absolute Gasteiger partial charge is 0.0958 e. The Hall–Kier alpha value is 0.250. The third-order valence-corrected chi connectivity index (χ3v) is 6.91. The van der Waals surface area contributed by atoms with Crippen molar-refractivity contribution < 1.29 is 5.11 Å². The van der Waals surface area contributed by atoms with Gasteiger partial charge in [-0.3, -0.25) is 0 Å². The first-order chi connectivity index (χ1) is 8.77. The van der Waals surface area contributed by atoms with Gasteiger partial charge in [-0.05, 0) is 37.9 Å². The maximum absolute atomic E-state index is 10.3. The summed E-state index contributed by atoms with van der Waals surface area (Å²) in [6, 6.07) is 1.96. The van der Waals surface area contributed by atoms with Crippen LogP contribution in [0.2, 0.25) is 0 Å². The van der Waals surface area contributed by atoms with Gasteiger partial charge in [0.15, 0.2) is 0 Å². The molecule has 2 heterocycles. The summed E-state index contributed by atoms with van der Waals surface area (Å²) in [7, 11) is 0. The molecule has 2 aromatic rings. The molecule has 0 saturated carbocycles. The van der Waals surface area contributed by atoms with E-state index in [-0.39, 0.29) is 5.41 Å². The summed E-state index contributed by atoms with van der Waals surface area (Å²) in [6.45, 7) is 6.45. The molecule has 19 heavy (non-hydrogen) atoms. The van der Waals surface area contributed by atoms with Gasteiger partial charge in [0.1, 0.15) is 0 Å². The summed E-state index contributed by atoms with van der Waals surface area (Å²) >= 11 is 10.1. The maximum atomic E-state index is 10.3. The van der Waals surface area contributed by atoms with Gasteiger partial charge in [0, 0.05) is 26.6 Å². The van der Waals surface area contributed by atoms with Crippen LogP contribution in [0.5, 0.6) is 0 Å². The number of aliphatic hydroxyl groups is 1. The summed E-state index contributed by atoms with van der Waals surface area (Å²) in [5, 5.41) is 13.3. The molecular weight excluding hydrogens is 410 g/mol. The molecule has 0 aromatic carbocycles. The van der Waals surface area contributed by atoms with Crippen molar-refractivity contribution in [3.63, 3.8) is 0 Å². The average molecular weight is 425 g/mol. The number of thiazole rings is 1. The van der Waals surface area contributed by atoms with E-state index in [0.717, 1.165) is 23.8 Å². The molecule has 104 valence electrons. The van der Waals surface area contributed by atoms with Crippen LogP contribution < -0.4 is 0 Å². The molecule has 0 saturated heterocycles. The van der Waals surface area contributed by atoms with Crippen LogP contribution in [-0.4, -0.2) is 10.1 Å². The highest BCUT2D eigenvalue weighted by Crippen LogP contribution is 2.36. The third-order valence-electron chi connectivity index (χ3n) is 2.68. The number of hydrogen-bond donors (Lipinski definition) is 1. The lowest BCUT2D eigenvalue weighted by Gasteiger charge is -2.14. The van der Waals surface area contributed by atoms with Gasteiger partial charge in [0.2, 0.25) is 0 Å². The lowest BCUT2D eigenvalue weighted by atomic mass is 9.93. The molecule has 1 atom stereocenters. The summed E-state index contributed by atoms with van der Waals surface area (Å²) in [4.78, 5) is 5.57. The topological polar surface area (TPSA) is 33.1 Å². The highest BCUT2D eigenvalue weighted by molar-refractivity contribution is 9.13. The van der Waals surface area contributed by atoms with Crippen molar-refractivity contribution in [2.75, 3.05) is 0 Å². The Morgan fingerprint density at radius 1 is 1.37 bits per heavy atom. The van der Waals surface area contributed by atoms with Crippen LogP contribution in [-0.2, 0) is 11.8 Å². The number of thiophene rings is 1. The quantitative estimate of drug-likeness (QED) is 0.724. The van der Waals surface area contributed by atoms with E-state index in [0.29, 0.717) is 6.42 Å². The number of nitrogens with zero attached hydrogens (tertiary/aromatic N) is 1. The first-order valence-electron chi connectivity index (χ1n) is 5.85. The zero-order valence-electron chi connectivity index (χ0n) is 10.9. The highest BCUT2D eigenvalue weighted by atomic mass is 79.9. The largest absolute Gasteiger partial charge is 0.387 e. The van der Waals surface area contributed by atoms with Gasteiger partial charge in [0.05, 0.1) is 20.6 Å². The summed E-state index contributed by atoms with van der Waals surface area (Å²) in [5.41, 5.74) is 1.16. The maximum Gasteiger partial charge on any atom is 0.0958 e. The van der Waals surface area contributed by atoms with E-state index in [1.165, 1.54) is 0 Å². The summed E-state index contributed by atoms with van der Waals surface area (Å²) in [6.07, 6.45) is 0.0757. The van der Waals surface area contributed by atoms with Gasteiger partial charge in [-0.15, -0.1) is 22.7 Å². The molecule has 2 aromatic heterocycles. The third kappa shape index (κ3) is 3.88. The van der Waals surface area contributed by atoms with Gasteiger partial charge >= 0.3 is 0 Å². The monoisotopic (exact) mass is 423 g/mol. The van der Waals surface area contributed by atoms with E-state index >= 15 is 0 Å². The molecular formula is C13H15Br2NOS2. The van der Waals surface area contributed by atoms with Crippen LogP contribution in [0.3, 0.4) is 0 Å². The molecule has 0 bridgehead atoms. The number of halogens is 2. The van der Waals surface area contributed by atoms with Crippen LogP contribution in [0.25, 0.3) is 0 Å².